The second-order valence-electron chi connectivity index (χ2n) is 6.24. The van der Waals surface area contributed by atoms with Crippen molar-refractivity contribution in [1.29, 1.82) is 0 Å². The standard InChI is InChI=1S/C23H16N2O5/c1-28-20-14-15(7-8-19(20)29-22(26)17-9-11-24-12-10-17)13-18-23(27)30-21(25-18)16-5-3-2-4-6-16/h2-14H,1H3/b18-13-. The number of pyridine rings is 1. The lowest BCUT2D eigenvalue weighted by Crippen LogP contribution is -2.09. The Morgan fingerprint density at radius 1 is 1.00 bits per heavy atom. The van der Waals surface area contributed by atoms with Crippen LogP contribution in [0.4, 0.5) is 0 Å². The molecule has 0 aliphatic carbocycles. The monoisotopic (exact) mass is 400 g/mol. The zero-order chi connectivity index (χ0) is 20.9. The number of hydrogen-bond donors (Lipinski definition) is 0. The molecule has 2 aromatic carbocycles. The fourth-order valence-electron chi connectivity index (χ4n) is 2.78. The van der Waals surface area contributed by atoms with Crippen molar-refractivity contribution in [2.24, 2.45) is 4.99 Å². The molecule has 0 saturated carbocycles. The van der Waals surface area contributed by atoms with E-state index < -0.39 is 11.9 Å². The molecule has 0 unspecified atom stereocenters. The third-order valence-corrected chi connectivity index (χ3v) is 4.25. The molecule has 2 heterocycles. The fourth-order valence-corrected chi connectivity index (χ4v) is 2.78. The number of nitrogens with zero attached hydrogens (tertiary/aromatic N) is 2. The average Bonchev–Trinajstić information content (AvgIpc) is 3.16. The minimum atomic E-state index is -0.541. The molecular formula is C23H16N2O5. The molecular weight excluding hydrogens is 384 g/mol. The number of carbonyl (C=O) groups is 2. The van der Waals surface area contributed by atoms with Crippen LogP contribution in [-0.2, 0) is 9.53 Å². The summed E-state index contributed by atoms with van der Waals surface area (Å²) in [5, 5.41) is 0. The van der Waals surface area contributed by atoms with Gasteiger partial charge >= 0.3 is 11.9 Å². The lowest BCUT2D eigenvalue weighted by molar-refractivity contribution is -0.129. The molecule has 4 rings (SSSR count). The van der Waals surface area contributed by atoms with Gasteiger partial charge in [0.05, 0.1) is 12.7 Å². The van der Waals surface area contributed by atoms with Gasteiger partial charge in [0, 0.05) is 18.0 Å². The minimum Gasteiger partial charge on any atom is -0.493 e. The van der Waals surface area contributed by atoms with E-state index in [9.17, 15) is 9.59 Å². The SMILES string of the molecule is COc1cc(/C=C2\N=C(c3ccccc3)OC2=O)ccc1OC(=O)c1ccncc1. The van der Waals surface area contributed by atoms with Crippen molar-refractivity contribution in [2.45, 2.75) is 0 Å². The molecule has 3 aromatic rings. The number of benzene rings is 2. The van der Waals surface area contributed by atoms with E-state index in [1.165, 1.54) is 19.5 Å². The first-order valence-corrected chi connectivity index (χ1v) is 9.02. The van der Waals surface area contributed by atoms with Gasteiger partial charge in [0.25, 0.3) is 0 Å². The number of aliphatic imine (C=N–C) groups is 1. The highest BCUT2D eigenvalue weighted by Gasteiger charge is 2.24. The fraction of sp³-hybridized carbons (Fsp3) is 0.0435. The molecule has 7 nitrogen and oxygen atoms in total. The Morgan fingerprint density at radius 2 is 1.77 bits per heavy atom. The Balaban J connectivity index is 1.58. The topological polar surface area (TPSA) is 87.1 Å². The lowest BCUT2D eigenvalue weighted by Gasteiger charge is -2.10. The van der Waals surface area contributed by atoms with E-state index >= 15 is 0 Å². The highest BCUT2D eigenvalue weighted by Crippen LogP contribution is 2.30. The Morgan fingerprint density at radius 3 is 2.50 bits per heavy atom. The van der Waals surface area contributed by atoms with E-state index in [2.05, 4.69) is 9.98 Å². The van der Waals surface area contributed by atoms with Crippen LogP contribution in [0.2, 0.25) is 0 Å². The van der Waals surface area contributed by atoms with Gasteiger partial charge in [0.15, 0.2) is 17.2 Å². The van der Waals surface area contributed by atoms with Crippen molar-refractivity contribution in [2.75, 3.05) is 7.11 Å². The number of aromatic nitrogens is 1. The van der Waals surface area contributed by atoms with Crippen LogP contribution in [0.3, 0.4) is 0 Å². The minimum absolute atomic E-state index is 0.164. The Bertz CT molecular complexity index is 1150. The normalized spacial score (nSPS) is 14.2. The summed E-state index contributed by atoms with van der Waals surface area (Å²) in [7, 11) is 1.46. The van der Waals surface area contributed by atoms with Crippen LogP contribution in [0.1, 0.15) is 21.5 Å². The van der Waals surface area contributed by atoms with E-state index in [0.29, 0.717) is 22.4 Å². The maximum atomic E-state index is 12.3. The molecule has 148 valence electrons. The number of rotatable bonds is 5. The summed E-state index contributed by atoms with van der Waals surface area (Å²) in [6, 6.07) is 17.2. The summed E-state index contributed by atoms with van der Waals surface area (Å²) in [6.07, 6.45) is 4.59. The van der Waals surface area contributed by atoms with Crippen molar-refractivity contribution >= 4 is 23.9 Å². The molecule has 0 fully saturated rings. The Kier molecular flexibility index (Phi) is 5.34. The van der Waals surface area contributed by atoms with Crippen molar-refractivity contribution in [3.05, 3.63) is 95.4 Å². The molecule has 0 radical (unpaired) electrons. The van der Waals surface area contributed by atoms with Crippen molar-refractivity contribution in [3.8, 4) is 11.5 Å². The Labute approximate surface area is 172 Å². The first-order valence-electron chi connectivity index (χ1n) is 9.02. The van der Waals surface area contributed by atoms with Gasteiger partial charge in [-0.15, -0.1) is 0 Å². The van der Waals surface area contributed by atoms with Crippen LogP contribution in [0.25, 0.3) is 6.08 Å². The molecule has 1 aromatic heterocycles. The zero-order valence-corrected chi connectivity index (χ0v) is 15.9. The van der Waals surface area contributed by atoms with Crippen LogP contribution < -0.4 is 9.47 Å². The largest absolute Gasteiger partial charge is 0.493 e. The van der Waals surface area contributed by atoms with E-state index in [-0.39, 0.29) is 17.3 Å². The van der Waals surface area contributed by atoms with Gasteiger partial charge in [-0.1, -0.05) is 24.3 Å². The van der Waals surface area contributed by atoms with E-state index in [1.54, 1.807) is 36.4 Å². The van der Waals surface area contributed by atoms with Crippen molar-refractivity contribution in [1.82, 2.24) is 4.98 Å². The number of cyclic esters (lactones) is 1. The molecule has 7 heteroatoms. The highest BCUT2D eigenvalue weighted by molar-refractivity contribution is 6.12. The van der Waals surface area contributed by atoms with Gasteiger partial charge in [-0.2, -0.15) is 0 Å². The Hall–Kier alpha value is -4.26. The van der Waals surface area contributed by atoms with Gasteiger partial charge in [-0.25, -0.2) is 14.6 Å². The smallest absolute Gasteiger partial charge is 0.363 e. The van der Waals surface area contributed by atoms with Crippen molar-refractivity contribution < 1.29 is 23.8 Å². The number of esters is 2. The van der Waals surface area contributed by atoms with Gasteiger partial charge in [0.2, 0.25) is 5.90 Å². The van der Waals surface area contributed by atoms with Gasteiger partial charge in [0.1, 0.15) is 0 Å². The van der Waals surface area contributed by atoms with Crippen LogP contribution in [-0.4, -0.2) is 29.9 Å². The predicted molar refractivity (Wildman–Crippen MR) is 109 cm³/mol. The molecule has 1 aliphatic rings. The summed E-state index contributed by atoms with van der Waals surface area (Å²) in [5.41, 5.74) is 1.89. The van der Waals surface area contributed by atoms with Gasteiger partial charge < -0.3 is 14.2 Å². The summed E-state index contributed by atoms with van der Waals surface area (Å²) >= 11 is 0. The number of ether oxygens (including phenoxy) is 3. The third-order valence-electron chi connectivity index (χ3n) is 4.25. The summed E-state index contributed by atoms with van der Waals surface area (Å²) in [4.78, 5) is 32.6. The predicted octanol–water partition coefficient (Wildman–Crippen LogP) is 3.65. The molecule has 30 heavy (non-hydrogen) atoms. The molecule has 0 N–H and O–H groups in total. The average molecular weight is 400 g/mol. The number of methoxy groups -OCH3 is 1. The third kappa shape index (κ3) is 4.10. The molecule has 0 spiro atoms. The molecule has 0 saturated heterocycles. The van der Waals surface area contributed by atoms with E-state index in [1.807, 2.05) is 30.3 Å². The van der Waals surface area contributed by atoms with Gasteiger partial charge in [-0.3, -0.25) is 4.98 Å². The number of carbonyl (C=O) groups excluding carboxylic acids is 2. The van der Waals surface area contributed by atoms with E-state index in [0.717, 1.165) is 0 Å². The second-order valence-corrected chi connectivity index (χ2v) is 6.24. The van der Waals surface area contributed by atoms with Crippen LogP contribution in [0.15, 0.2) is 83.7 Å². The second kappa shape index (κ2) is 8.40. The molecule has 0 bridgehead atoms. The maximum Gasteiger partial charge on any atom is 0.363 e. The maximum absolute atomic E-state index is 12.3. The quantitative estimate of drug-likeness (QED) is 0.369. The first kappa shape index (κ1) is 19.1. The van der Waals surface area contributed by atoms with E-state index in [4.69, 9.17) is 14.2 Å². The zero-order valence-electron chi connectivity index (χ0n) is 15.9. The molecule has 0 amide bonds. The van der Waals surface area contributed by atoms with Crippen LogP contribution in [0.5, 0.6) is 11.5 Å². The summed E-state index contributed by atoms with van der Waals surface area (Å²) < 4.78 is 16.0. The van der Waals surface area contributed by atoms with Crippen LogP contribution in [0, 0.1) is 0 Å². The van der Waals surface area contributed by atoms with Gasteiger partial charge in [-0.05, 0) is 48.0 Å². The molecule has 0 atom stereocenters. The summed E-state index contributed by atoms with van der Waals surface area (Å²) in [6.45, 7) is 0. The highest BCUT2D eigenvalue weighted by atomic mass is 16.6. The number of hydrogen-bond acceptors (Lipinski definition) is 7. The van der Waals surface area contributed by atoms with Crippen LogP contribution >= 0.6 is 0 Å². The van der Waals surface area contributed by atoms with Crippen molar-refractivity contribution in [3.63, 3.8) is 0 Å². The summed E-state index contributed by atoms with van der Waals surface area (Å²) in [5.74, 6) is -0.227. The molecule has 1 aliphatic heterocycles. The first-order chi connectivity index (χ1) is 14.6. The lowest BCUT2D eigenvalue weighted by atomic mass is 10.1.